The van der Waals surface area contributed by atoms with Crippen molar-refractivity contribution in [1.82, 2.24) is 0 Å². The Kier molecular flexibility index (Phi) is 3.17. The van der Waals surface area contributed by atoms with Crippen molar-refractivity contribution in [2.45, 2.75) is 12.8 Å². The molecular weight excluding hydrogens is 233 g/mol. The Hall–Kier alpha value is -0.730. The molecule has 1 saturated heterocycles. The molecule has 0 spiro atoms. The third-order valence-electron chi connectivity index (χ3n) is 2.50. The molecule has 2 rings (SSSR count). The third-order valence-corrected chi connectivity index (χ3v) is 3.05. The summed E-state index contributed by atoms with van der Waals surface area (Å²) in [6.45, 7) is 1.31. The van der Waals surface area contributed by atoms with Crippen molar-refractivity contribution in [2.75, 3.05) is 18.0 Å². The highest BCUT2D eigenvalue weighted by Gasteiger charge is 2.19. The first-order valence-corrected chi connectivity index (χ1v) is 5.64. The summed E-state index contributed by atoms with van der Waals surface area (Å²) < 4.78 is 0. The van der Waals surface area contributed by atoms with Crippen LogP contribution in [0.15, 0.2) is 18.2 Å². The summed E-state index contributed by atoms with van der Waals surface area (Å²) in [7, 11) is 0. The predicted octanol–water partition coefficient (Wildman–Crippen LogP) is 3.16. The average Bonchev–Trinajstić information content (AvgIpc) is 2.22. The molecule has 1 aliphatic rings. The smallest absolute Gasteiger partial charge is 0.152 e. The molecule has 0 amide bonds. The highest BCUT2D eigenvalue weighted by atomic mass is 35.5. The first kappa shape index (κ1) is 10.8. The van der Waals surface area contributed by atoms with Gasteiger partial charge in [0.05, 0.1) is 17.3 Å². The zero-order valence-corrected chi connectivity index (χ0v) is 9.68. The van der Waals surface area contributed by atoms with E-state index in [1.807, 2.05) is 11.0 Å². The summed E-state index contributed by atoms with van der Waals surface area (Å²) in [5.41, 5.74) is 0.859. The second-order valence-corrected chi connectivity index (χ2v) is 4.50. The van der Waals surface area contributed by atoms with E-state index in [2.05, 4.69) is 0 Å². The SMILES string of the molecule is O=C1CCCN(c2cc(Cl)ccc2Cl)C1. The second kappa shape index (κ2) is 4.42. The van der Waals surface area contributed by atoms with Crippen molar-refractivity contribution in [1.29, 1.82) is 0 Å². The first-order valence-electron chi connectivity index (χ1n) is 4.88. The van der Waals surface area contributed by atoms with Crippen molar-refractivity contribution in [3.8, 4) is 0 Å². The Morgan fingerprint density at radius 3 is 2.80 bits per heavy atom. The van der Waals surface area contributed by atoms with Crippen LogP contribution in [0.4, 0.5) is 5.69 Å². The molecule has 0 aromatic heterocycles. The Bertz CT molecular complexity index is 392. The van der Waals surface area contributed by atoms with Crippen LogP contribution in [-0.4, -0.2) is 18.9 Å². The van der Waals surface area contributed by atoms with Crippen LogP contribution in [-0.2, 0) is 4.79 Å². The van der Waals surface area contributed by atoms with E-state index in [-0.39, 0.29) is 5.78 Å². The predicted molar refractivity (Wildman–Crippen MR) is 62.9 cm³/mol. The fourth-order valence-electron chi connectivity index (χ4n) is 1.77. The van der Waals surface area contributed by atoms with Crippen molar-refractivity contribution in [3.05, 3.63) is 28.2 Å². The van der Waals surface area contributed by atoms with Crippen molar-refractivity contribution in [2.24, 2.45) is 0 Å². The van der Waals surface area contributed by atoms with Gasteiger partial charge in [0.2, 0.25) is 0 Å². The van der Waals surface area contributed by atoms with Crippen LogP contribution in [0.1, 0.15) is 12.8 Å². The number of hydrogen-bond acceptors (Lipinski definition) is 2. The minimum absolute atomic E-state index is 0.261. The van der Waals surface area contributed by atoms with Gasteiger partial charge in [-0.05, 0) is 24.6 Å². The average molecular weight is 244 g/mol. The van der Waals surface area contributed by atoms with Gasteiger partial charge in [-0.25, -0.2) is 0 Å². The summed E-state index contributed by atoms with van der Waals surface area (Å²) in [4.78, 5) is 13.3. The molecule has 0 unspecified atom stereocenters. The van der Waals surface area contributed by atoms with Crippen LogP contribution in [0, 0.1) is 0 Å². The molecule has 0 aliphatic carbocycles. The molecule has 0 radical (unpaired) electrons. The van der Waals surface area contributed by atoms with E-state index < -0.39 is 0 Å². The number of rotatable bonds is 1. The van der Waals surface area contributed by atoms with Crippen LogP contribution in [0.2, 0.25) is 10.0 Å². The second-order valence-electron chi connectivity index (χ2n) is 3.66. The minimum Gasteiger partial charge on any atom is -0.363 e. The standard InChI is InChI=1S/C11H11Cl2NO/c12-8-3-4-10(13)11(6-8)14-5-1-2-9(15)7-14/h3-4,6H,1-2,5,7H2. The Labute approximate surface area is 98.8 Å². The number of nitrogens with zero attached hydrogens (tertiary/aromatic N) is 1. The monoisotopic (exact) mass is 243 g/mol. The number of benzene rings is 1. The van der Waals surface area contributed by atoms with Gasteiger partial charge in [0.25, 0.3) is 0 Å². The van der Waals surface area contributed by atoms with Crippen molar-refractivity contribution >= 4 is 34.7 Å². The molecule has 0 N–H and O–H groups in total. The fraction of sp³-hybridized carbons (Fsp3) is 0.364. The van der Waals surface area contributed by atoms with Crippen molar-refractivity contribution in [3.63, 3.8) is 0 Å². The summed E-state index contributed by atoms with van der Waals surface area (Å²) in [6, 6.07) is 5.32. The van der Waals surface area contributed by atoms with Gasteiger partial charge in [-0.1, -0.05) is 23.2 Å². The normalized spacial score (nSPS) is 16.9. The lowest BCUT2D eigenvalue weighted by molar-refractivity contribution is -0.118. The number of halogens is 2. The number of carbonyl (C=O) groups is 1. The molecule has 15 heavy (non-hydrogen) atoms. The van der Waals surface area contributed by atoms with Crippen LogP contribution in [0.25, 0.3) is 0 Å². The van der Waals surface area contributed by atoms with E-state index in [0.717, 1.165) is 18.7 Å². The van der Waals surface area contributed by atoms with Crippen LogP contribution >= 0.6 is 23.2 Å². The molecule has 2 nitrogen and oxygen atoms in total. The zero-order chi connectivity index (χ0) is 10.8. The summed E-state index contributed by atoms with van der Waals surface area (Å²) in [6.07, 6.45) is 1.57. The summed E-state index contributed by atoms with van der Waals surface area (Å²) in [5.74, 6) is 0.261. The van der Waals surface area contributed by atoms with E-state index in [0.29, 0.717) is 23.0 Å². The molecule has 1 aliphatic heterocycles. The number of Topliss-reactive ketones (excluding diaryl/α,β-unsaturated/α-hetero) is 1. The molecule has 0 bridgehead atoms. The Balaban J connectivity index is 2.27. The lowest BCUT2D eigenvalue weighted by Crippen LogP contribution is -2.35. The van der Waals surface area contributed by atoms with E-state index >= 15 is 0 Å². The maximum absolute atomic E-state index is 11.3. The van der Waals surface area contributed by atoms with Crippen molar-refractivity contribution < 1.29 is 4.79 Å². The number of carbonyl (C=O) groups excluding carboxylic acids is 1. The maximum atomic E-state index is 11.3. The number of hydrogen-bond donors (Lipinski definition) is 0. The summed E-state index contributed by atoms with van der Waals surface area (Å²) in [5, 5.41) is 1.29. The van der Waals surface area contributed by atoms with Gasteiger partial charge < -0.3 is 4.90 Å². The lowest BCUT2D eigenvalue weighted by Gasteiger charge is -2.28. The van der Waals surface area contributed by atoms with Crippen LogP contribution in [0.3, 0.4) is 0 Å². The van der Waals surface area contributed by atoms with Gasteiger partial charge in [-0.15, -0.1) is 0 Å². The summed E-state index contributed by atoms with van der Waals surface area (Å²) >= 11 is 12.0. The van der Waals surface area contributed by atoms with Crippen LogP contribution < -0.4 is 4.90 Å². The molecule has 0 saturated carbocycles. The van der Waals surface area contributed by atoms with Gasteiger partial charge in [0.1, 0.15) is 0 Å². The highest BCUT2D eigenvalue weighted by molar-refractivity contribution is 6.35. The highest BCUT2D eigenvalue weighted by Crippen LogP contribution is 2.30. The fourth-order valence-corrected chi connectivity index (χ4v) is 2.18. The minimum atomic E-state index is 0.261. The zero-order valence-electron chi connectivity index (χ0n) is 8.17. The van der Waals surface area contributed by atoms with E-state index in [4.69, 9.17) is 23.2 Å². The number of anilines is 1. The Morgan fingerprint density at radius 1 is 1.27 bits per heavy atom. The molecule has 1 fully saturated rings. The quantitative estimate of drug-likeness (QED) is 0.756. The molecule has 4 heteroatoms. The Morgan fingerprint density at radius 2 is 2.07 bits per heavy atom. The molecule has 80 valence electrons. The largest absolute Gasteiger partial charge is 0.363 e. The van der Waals surface area contributed by atoms with Crippen LogP contribution in [0.5, 0.6) is 0 Å². The van der Waals surface area contributed by atoms with Gasteiger partial charge >= 0.3 is 0 Å². The molecule has 0 atom stereocenters. The van der Waals surface area contributed by atoms with E-state index in [9.17, 15) is 4.79 Å². The van der Waals surface area contributed by atoms with E-state index in [1.54, 1.807) is 12.1 Å². The molecule has 1 aromatic carbocycles. The van der Waals surface area contributed by atoms with Gasteiger partial charge in [0.15, 0.2) is 5.78 Å². The van der Waals surface area contributed by atoms with Gasteiger partial charge in [-0.2, -0.15) is 0 Å². The van der Waals surface area contributed by atoms with Gasteiger partial charge in [-0.3, -0.25) is 4.79 Å². The third kappa shape index (κ3) is 2.44. The molecular formula is C11H11Cl2NO. The first-order chi connectivity index (χ1) is 7.16. The molecule has 1 heterocycles. The maximum Gasteiger partial charge on any atom is 0.152 e. The number of piperidine rings is 1. The molecule has 1 aromatic rings. The lowest BCUT2D eigenvalue weighted by atomic mass is 10.1. The van der Waals surface area contributed by atoms with E-state index in [1.165, 1.54) is 0 Å². The van der Waals surface area contributed by atoms with Gasteiger partial charge in [0, 0.05) is 18.0 Å². The number of ketones is 1. The topological polar surface area (TPSA) is 20.3 Å².